The number of pyridine rings is 1. The van der Waals surface area contributed by atoms with Crippen LogP contribution in [0.15, 0.2) is 54.0 Å². The van der Waals surface area contributed by atoms with Gasteiger partial charge in [0.1, 0.15) is 5.82 Å². The van der Waals surface area contributed by atoms with Crippen molar-refractivity contribution in [1.29, 1.82) is 0 Å². The normalized spacial score (nSPS) is 11.2. The van der Waals surface area contributed by atoms with Crippen LogP contribution >= 0.6 is 22.9 Å². The zero-order valence-corrected chi connectivity index (χ0v) is 14.5. The predicted octanol–water partition coefficient (Wildman–Crippen LogP) is 5.81. The van der Waals surface area contributed by atoms with Gasteiger partial charge in [0.05, 0.1) is 33.0 Å². The van der Waals surface area contributed by atoms with Gasteiger partial charge >= 0.3 is 6.18 Å². The molecule has 0 bridgehead atoms. The topological polar surface area (TPSA) is 54.0 Å². The van der Waals surface area contributed by atoms with Gasteiger partial charge in [-0.05, 0) is 41.8 Å². The fourth-order valence-electron chi connectivity index (χ4n) is 2.08. The molecule has 3 rings (SSSR count). The number of nitrogens with zero attached hydrogens (tertiary/aromatic N) is 1. The number of carbonyl (C=O) groups is 1. The smallest absolute Gasteiger partial charge is 0.339 e. The maximum Gasteiger partial charge on any atom is 0.416 e. The summed E-state index contributed by atoms with van der Waals surface area (Å²) in [6, 6.07) is 9.56. The molecule has 0 saturated heterocycles. The molecular formula is C17H11ClF3N3OS. The number of amides is 1. The summed E-state index contributed by atoms with van der Waals surface area (Å²) in [6.07, 6.45) is -3.07. The van der Waals surface area contributed by atoms with Crippen molar-refractivity contribution in [1.82, 2.24) is 4.98 Å². The van der Waals surface area contributed by atoms with Crippen LogP contribution in [0.2, 0.25) is 5.02 Å². The minimum atomic E-state index is -4.47. The second-order valence-electron chi connectivity index (χ2n) is 5.18. The molecule has 0 aliphatic heterocycles. The molecule has 2 aromatic heterocycles. The van der Waals surface area contributed by atoms with Gasteiger partial charge in [-0.15, -0.1) is 11.3 Å². The third-order valence-electron chi connectivity index (χ3n) is 3.32. The van der Waals surface area contributed by atoms with Gasteiger partial charge in [0.2, 0.25) is 0 Å². The second kappa shape index (κ2) is 7.35. The summed E-state index contributed by atoms with van der Waals surface area (Å²) in [6.45, 7) is 0. The Morgan fingerprint density at radius 2 is 1.96 bits per heavy atom. The molecule has 4 nitrogen and oxygen atoms in total. The highest BCUT2D eigenvalue weighted by Crippen LogP contribution is 2.34. The van der Waals surface area contributed by atoms with Crippen molar-refractivity contribution in [2.75, 3.05) is 10.6 Å². The van der Waals surface area contributed by atoms with E-state index in [1.807, 2.05) is 0 Å². The lowest BCUT2D eigenvalue weighted by atomic mass is 10.2. The summed E-state index contributed by atoms with van der Waals surface area (Å²) in [5, 5.41) is 7.35. The Balaban J connectivity index is 1.73. The van der Waals surface area contributed by atoms with Gasteiger partial charge in [-0.1, -0.05) is 17.7 Å². The Morgan fingerprint density at radius 1 is 1.15 bits per heavy atom. The van der Waals surface area contributed by atoms with Crippen LogP contribution in [0.1, 0.15) is 15.2 Å². The van der Waals surface area contributed by atoms with Gasteiger partial charge in [0.15, 0.2) is 0 Å². The van der Waals surface area contributed by atoms with Gasteiger partial charge in [-0.25, -0.2) is 4.98 Å². The largest absolute Gasteiger partial charge is 0.416 e. The second-order valence-corrected chi connectivity index (χ2v) is 6.54. The van der Waals surface area contributed by atoms with Crippen LogP contribution in [0.3, 0.4) is 0 Å². The monoisotopic (exact) mass is 397 g/mol. The lowest BCUT2D eigenvalue weighted by Crippen LogP contribution is -2.10. The number of hydrogen-bond donors (Lipinski definition) is 2. The van der Waals surface area contributed by atoms with Gasteiger partial charge in [0, 0.05) is 0 Å². The quantitative estimate of drug-likeness (QED) is 0.584. The minimum absolute atomic E-state index is 0.0874. The molecule has 9 heteroatoms. The van der Waals surface area contributed by atoms with Crippen molar-refractivity contribution in [2.24, 2.45) is 0 Å². The van der Waals surface area contributed by atoms with E-state index in [4.69, 9.17) is 11.6 Å². The van der Waals surface area contributed by atoms with Crippen molar-refractivity contribution >= 4 is 46.0 Å². The number of hydrogen-bond acceptors (Lipinski definition) is 4. The SMILES string of the molecule is O=C(Nc1ccc(Nc2cc(C(F)(F)F)ccc2Cl)nc1)c1cccs1. The van der Waals surface area contributed by atoms with Crippen LogP contribution < -0.4 is 10.6 Å². The Bertz CT molecular complexity index is 912. The molecule has 0 aliphatic carbocycles. The molecular weight excluding hydrogens is 387 g/mol. The average molecular weight is 398 g/mol. The Kier molecular flexibility index (Phi) is 5.15. The van der Waals surface area contributed by atoms with Gasteiger partial charge in [0.25, 0.3) is 5.91 Å². The van der Waals surface area contributed by atoms with Crippen molar-refractivity contribution in [2.45, 2.75) is 6.18 Å². The standard InChI is InChI=1S/C17H11ClF3N3OS/c18-12-5-3-10(17(19,20)21)8-13(12)24-15-6-4-11(9-22-15)23-16(25)14-2-1-7-26-14/h1-9H,(H,22,24)(H,23,25). The number of aromatic nitrogens is 1. The Labute approximate surface area is 155 Å². The number of anilines is 3. The fourth-order valence-corrected chi connectivity index (χ4v) is 2.86. The number of thiophene rings is 1. The van der Waals surface area contributed by atoms with Crippen molar-refractivity contribution in [3.63, 3.8) is 0 Å². The van der Waals surface area contributed by atoms with E-state index < -0.39 is 11.7 Å². The number of halogens is 4. The lowest BCUT2D eigenvalue weighted by Gasteiger charge is -2.12. The van der Waals surface area contributed by atoms with E-state index in [1.54, 1.807) is 23.6 Å². The first kappa shape index (κ1) is 18.2. The zero-order chi connectivity index (χ0) is 18.7. The highest BCUT2D eigenvalue weighted by atomic mass is 35.5. The predicted molar refractivity (Wildman–Crippen MR) is 96.2 cm³/mol. The summed E-state index contributed by atoms with van der Waals surface area (Å²) in [5.41, 5.74) is -0.266. The molecule has 26 heavy (non-hydrogen) atoms. The van der Waals surface area contributed by atoms with Crippen LogP contribution in [-0.4, -0.2) is 10.9 Å². The molecule has 2 N–H and O–H groups in total. The van der Waals surface area contributed by atoms with E-state index in [2.05, 4.69) is 15.6 Å². The third-order valence-corrected chi connectivity index (χ3v) is 4.52. The molecule has 0 fully saturated rings. The van der Waals surface area contributed by atoms with Crippen molar-refractivity contribution < 1.29 is 18.0 Å². The summed E-state index contributed by atoms with van der Waals surface area (Å²) >= 11 is 7.25. The van der Waals surface area contributed by atoms with E-state index >= 15 is 0 Å². The van der Waals surface area contributed by atoms with Gasteiger partial charge in [-0.3, -0.25) is 4.79 Å². The van der Waals surface area contributed by atoms with Crippen LogP contribution in [0, 0.1) is 0 Å². The molecule has 3 aromatic rings. The first-order valence-corrected chi connectivity index (χ1v) is 8.53. The number of alkyl halides is 3. The van der Waals surface area contributed by atoms with E-state index in [0.29, 0.717) is 16.4 Å². The van der Waals surface area contributed by atoms with E-state index in [9.17, 15) is 18.0 Å². The average Bonchev–Trinajstić information content (AvgIpc) is 3.12. The van der Waals surface area contributed by atoms with Crippen molar-refractivity contribution in [3.05, 3.63) is 69.5 Å². The van der Waals surface area contributed by atoms with E-state index in [1.165, 1.54) is 29.7 Å². The highest BCUT2D eigenvalue weighted by molar-refractivity contribution is 7.12. The summed E-state index contributed by atoms with van der Waals surface area (Å²) < 4.78 is 38.4. The maximum absolute atomic E-state index is 12.8. The molecule has 134 valence electrons. The molecule has 0 atom stereocenters. The summed E-state index contributed by atoms with van der Waals surface area (Å²) in [4.78, 5) is 16.6. The number of carbonyl (C=O) groups excluding carboxylic acids is 1. The van der Waals surface area contributed by atoms with Gasteiger partial charge in [-0.2, -0.15) is 13.2 Å². The fraction of sp³-hybridized carbons (Fsp3) is 0.0588. The Morgan fingerprint density at radius 3 is 2.58 bits per heavy atom. The van der Waals surface area contributed by atoms with E-state index in [-0.39, 0.29) is 16.6 Å². The molecule has 0 spiro atoms. The first-order valence-electron chi connectivity index (χ1n) is 7.27. The maximum atomic E-state index is 12.8. The molecule has 0 saturated carbocycles. The molecule has 1 amide bonds. The van der Waals surface area contributed by atoms with Gasteiger partial charge < -0.3 is 10.6 Å². The molecule has 2 heterocycles. The van der Waals surface area contributed by atoms with Crippen LogP contribution in [-0.2, 0) is 6.18 Å². The molecule has 0 aliphatic rings. The molecule has 1 aromatic carbocycles. The third kappa shape index (κ3) is 4.33. The van der Waals surface area contributed by atoms with Crippen LogP contribution in [0.4, 0.5) is 30.4 Å². The highest BCUT2D eigenvalue weighted by Gasteiger charge is 2.31. The van der Waals surface area contributed by atoms with E-state index in [0.717, 1.165) is 12.1 Å². The first-order chi connectivity index (χ1) is 12.3. The zero-order valence-electron chi connectivity index (χ0n) is 13.0. The Hall–Kier alpha value is -2.58. The molecule has 0 radical (unpaired) electrons. The number of benzene rings is 1. The summed E-state index contributed by atoms with van der Waals surface area (Å²) in [5.74, 6) is 0.0313. The van der Waals surface area contributed by atoms with Crippen LogP contribution in [0.5, 0.6) is 0 Å². The van der Waals surface area contributed by atoms with Crippen molar-refractivity contribution in [3.8, 4) is 0 Å². The molecule has 0 unspecified atom stereocenters. The number of nitrogens with one attached hydrogen (secondary N) is 2. The summed E-state index contributed by atoms with van der Waals surface area (Å²) in [7, 11) is 0. The van der Waals surface area contributed by atoms with Crippen LogP contribution in [0.25, 0.3) is 0 Å². The number of rotatable bonds is 4. The minimum Gasteiger partial charge on any atom is -0.339 e. The lowest BCUT2D eigenvalue weighted by molar-refractivity contribution is -0.137.